The summed E-state index contributed by atoms with van der Waals surface area (Å²) in [7, 11) is 0. The first-order valence-corrected chi connectivity index (χ1v) is 4.98. The predicted molar refractivity (Wildman–Crippen MR) is 57.1 cm³/mol. The number of ether oxygens (including phenoxy) is 1. The molecule has 0 radical (unpaired) electrons. The molecule has 2 aromatic rings. The second-order valence-electron chi connectivity index (χ2n) is 3.48. The first kappa shape index (κ1) is 11.5. The second kappa shape index (κ2) is 4.91. The maximum Gasteiger partial charge on any atom is 0.194 e. The minimum atomic E-state index is -1.46. The summed E-state index contributed by atoms with van der Waals surface area (Å²) in [5.41, 5.74) is 0.241. The molecule has 0 aromatic heterocycles. The molecular formula is C13H9F3O. The molecule has 0 heterocycles. The third-order valence-electron chi connectivity index (χ3n) is 2.19. The Hall–Kier alpha value is -1.97. The van der Waals surface area contributed by atoms with Crippen LogP contribution in [0.5, 0.6) is 5.75 Å². The van der Waals surface area contributed by atoms with Crippen LogP contribution in [0.15, 0.2) is 42.5 Å². The van der Waals surface area contributed by atoms with Gasteiger partial charge in [0.25, 0.3) is 0 Å². The lowest BCUT2D eigenvalue weighted by Gasteiger charge is -2.06. The van der Waals surface area contributed by atoms with E-state index in [9.17, 15) is 13.2 Å². The van der Waals surface area contributed by atoms with Gasteiger partial charge in [-0.3, -0.25) is 0 Å². The van der Waals surface area contributed by atoms with Crippen LogP contribution in [0.3, 0.4) is 0 Å². The largest absolute Gasteiger partial charge is 0.489 e. The van der Waals surface area contributed by atoms with E-state index in [1.54, 1.807) is 24.3 Å². The van der Waals surface area contributed by atoms with Crippen molar-refractivity contribution in [2.75, 3.05) is 0 Å². The molecule has 0 fully saturated rings. The van der Waals surface area contributed by atoms with Gasteiger partial charge in [0.15, 0.2) is 17.5 Å². The van der Waals surface area contributed by atoms with Crippen LogP contribution in [0.4, 0.5) is 13.2 Å². The number of benzene rings is 2. The van der Waals surface area contributed by atoms with Crippen molar-refractivity contribution in [1.82, 2.24) is 0 Å². The Morgan fingerprint density at radius 1 is 0.882 bits per heavy atom. The zero-order chi connectivity index (χ0) is 12.3. The molecule has 0 N–H and O–H groups in total. The molecule has 0 aliphatic carbocycles. The summed E-state index contributed by atoms with van der Waals surface area (Å²) in [6.07, 6.45) is 0. The molecule has 0 bridgehead atoms. The van der Waals surface area contributed by atoms with E-state index in [1.165, 1.54) is 0 Å². The zero-order valence-electron chi connectivity index (χ0n) is 8.79. The summed E-state index contributed by atoms with van der Waals surface area (Å²) < 4.78 is 43.8. The monoisotopic (exact) mass is 238 g/mol. The Bertz CT molecular complexity index is 488. The molecule has 0 atom stereocenters. The first-order valence-electron chi connectivity index (χ1n) is 4.98. The summed E-state index contributed by atoms with van der Waals surface area (Å²) in [6, 6.07) is 10.7. The Balaban J connectivity index is 2.10. The fraction of sp³-hybridized carbons (Fsp3) is 0.0769. The highest BCUT2D eigenvalue weighted by atomic mass is 19.2. The molecule has 88 valence electrons. The van der Waals surface area contributed by atoms with Crippen LogP contribution in [0.1, 0.15) is 5.56 Å². The van der Waals surface area contributed by atoms with Gasteiger partial charge >= 0.3 is 0 Å². The van der Waals surface area contributed by atoms with E-state index < -0.39 is 17.5 Å². The molecule has 2 aromatic carbocycles. The Morgan fingerprint density at radius 2 is 1.47 bits per heavy atom. The quantitative estimate of drug-likeness (QED) is 0.741. The fourth-order valence-corrected chi connectivity index (χ4v) is 1.37. The third kappa shape index (κ3) is 2.78. The second-order valence-corrected chi connectivity index (χ2v) is 3.48. The number of rotatable bonds is 3. The number of hydrogen-bond acceptors (Lipinski definition) is 1. The molecule has 0 aliphatic heterocycles. The zero-order valence-corrected chi connectivity index (χ0v) is 8.79. The van der Waals surface area contributed by atoms with E-state index in [1.807, 2.05) is 6.07 Å². The van der Waals surface area contributed by atoms with Crippen LogP contribution < -0.4 is 4.74 Å². The van der Waals surface area contributed by atoms with Gasteiger partial charge in [-0.05, 0) is 29.8 Å². The summed E-state index contributed by atoms with van der Waals surface area (Å²) >= 11 is 0. The van der Waals surface area contributed by atoms with Crippen LogP contribution in [0.2, 0.25) is 0 Å². The van der Waals surface area contributed by atoms with Crippen molar-refractivity contribution in [3.05, 3.63) is 65.5 Å². The SMILES string of the molecule is Fc1cc(COc2ccccc2)cc(F)c1F. The lowest BCUT2D eigenvalue weighted by molar-refractivity contribution is 0.303. The molecule has 0 amide bonds. The average Bonchev–Trinajstić information content (AvgIpc) is 2.34. The molecule has 4 heteroatoms. The van der Waals surface area contributed by atoms with Crippen molar-refractivity contribution in [3.63, 3.8) is 0 Å². The van der Waals surface area contributed by atoms with Crippen LogP contribution in [0, 0.1) is 17.5 Å². The predicted octanol–water partition coefficient (Wildman–Crippen LogP) is 3.68. The van der Waals surface area contributed by atoms with Crippen molar-refractivity contribution in [2.45, 2.75) is 6.61 Å². The van der Waals surface area contributed by atoms with E-state index in [0.29, 0.717) is 5.75 Å². The highest BCUT2D eigenvalue weighted by Crippen LogP contribution is 2.16. The number of hydrogen-bond donors (Lipinski definition) is 0. The van der Waals surface area contributed by atoms with E-state index in [4.69, 9.17) is 4.74 Å². The minimum Gasteiger partial charge on any atom is -0.489 e. The van der Waals surface area contributed by atoms with Gasteiger partial charge < -0.3 is 4.74 Å². The van der Waals surface area contributed by atoms with Crippen molar-refractivity contribution < 1.29 is 17.9 Å². The molecular weight excluding hydrogens is 229 g/mol. The highest BCUT2D eigenvalue weighted by molar-refractivity contribution is 5.23. The average molecular weight is 238 g/mol. The fourth-order valence-electron chi connectivity index (χ4n) is 1.37. The molecule has 17 heavy (non-hydrogen) atoms. The van der Waals surface area contributed by atoms with Crippen LogP contribution in [0.25, 0.3) is 0 Å². The Kier molecular flexibility index (Phi) is 3.32. The molecule has 0 spiro atoms. The Morgan fingerprint density at radius 3 is 2.06 bits per heavy atom. The van der Waals surface area contributed by atoms with Crippen molar-refractivity contribution in [3.8, 4) is 5.75 Å². The van der Waals surface area contributed by atoms with Gasteiger partial charge in [-0.25, -0.2) is 13.2 Å². The normalized spacial score (nSPS) is 10.3. The number of para-hydroxylation sites is 1. The number of halogens is 3. The summed E-state index contributed by atoms with van der Waals surface area (Å²) in [4.78, 5) is 0. The van der Waals surface area contributed by atoms with Gasteiger partial charge in [-0.15, -0.1) is 0 Å². The smallest absolute Gasteiger partial charge is 0.194 e. The molecule has 0 saturated heterocycles. The molecule has 2 rings (SSSR count). The maximum absolute atomic E-state index is 12.9. The van der Waals surface area contributed by atoms with Crippen LogP contribution in [-0.2, 0) is 6.61 Å². The summed E-state index contributed by atoms with van der Waals surface area (Å²) in [5.74, 6) is -3.31. The van der Waals surface area contributed by atoms with Crippen molar-refractivity contribution in [2.24, 2.45) is 0 Å². The van der Waals surface area contributed by atoms with Gasteiger partial charge in [0.1, 0.15) is 12.4 Å². The molecule has 0 saturated carbocycles. The van der Waals surface area contributed by atoms with Crippen molar-refractivity contribution >= 4 is 0 Å². The molecule has 1 nitrogen and oxygen atoms in total. The molecule has 0 aliphatic rings. The van der Waals surface area contributed by atoms with E-state index in [0.717, 1.165) is 12.1 Å². The van der Waals surface area contributed by atoms with Gasteiger partial charge in [0, 0.05) is 0 Å². The van der Waals surface area contributed by atoms with Crippen LogP contribution >= 0.6 is 0 Å². The standard InChI is InChI=1S/C13H9F3O/c14-11-6-9(7-12(15)13(11)16)8-17-10-4-2-1-3-5-10/h1-7H,8H2. The first-order chi connectivity index (χ1) is 8.16. The highest BCUT2D eigenvalue weighted by Gasteiger charge is 2.10. The van der Waals surface area contributed by atoms with E-state index in [2.05, 4.69) is 0 Å². The molecule has 0 unspecified atom stereocenters. The van der Waals surface area contributed by atoms with E-state index >= 15 is 0 Å². The van der Waals surface area contributed by atoms with Gasteiger partial charge in [0.2, 0.25) is 0 Å². The Labute approximate surface area is 96.5 Å². The van der Waals surface area contributed by atoms with Crippen molar-refractivity contribution in [1.29, 1.82) is 0 Å². The van der Waals surface area contributed by atoms with Gasteiger partial charge in [0.05, 0.1) is 0 Å². The maximum atomic E-state index is 12.9. The van der Waals surface area contributed by atoms with Gasteiger partial charge in [-0.1, -0.05) is 18.2 Å². The van der Waals surface area contributed by atoms with Gasteiger partial charge in [-0.2, -0.15) is 0 Å². The summed E-state index contributed by atoms with van der Waals surface area (Å²) in [6.45, 7) is -0.0157. The topological polar surface area (TPSA) is 9.23 Å². The summed E-state index contributed by atoms with van der Waals surface area (Å²) in [5, 5.41) is 0. The lowest BCUT2D eigenvalue weighted by atomic mass is 10.2. The third-order valence-corrected chi connectivity index (χ3v) is 2.19. The minimum absolute atomic E-state index is 0.0157. The van der Waals surface area contributed by atoms with E-state index in [-0.39, 0.29) is 12.2 Å². The lowest BCUT2D eigenvalue weighted by Crippen LogP contribution is -1.99. The van der Waals surface area contributed by atoms with Crippen LogP contribution in [-0.4, -0.2) is 0 Å².